The number of benzene rings is 1. The topological polar surface area (TPSA) is 29.9 Å². The Balaban J connectivity index is 1.95. The first-order valence-corrected chi connectivity index (χ1v) is 6.91. The molecule has 0 bridgehead atoms. The molecule has 0 amide bonds. The van der Waals surface area contributed by atoms with Gasteiger partial charge in [-0.25, -0.2) is 0 Å². The van der Waals surface area contributed by atoms with Gasteiger partial charge in [-0.1, -0.05) is 38.1 Å². The van der Waals surface area contributed by atoms with Crippen molar-refractivity contribution in [3.63, 3.8) is 0 Å². The SMILES string of the molecule is Cc1cnn(Cc2cccc(CNCC(C)C)c2)c1. The zero-order valence-corrected chi connectivity index (χ0v) is 12.1. The van der Waals surface area contributed by atoms with Crippen molar-refractivity contribution in [1.82, 2.24) is 15.1 Å². The van der Waals surface area contributed by atoms with Crippen molar-refractivity contribution >= 4 is 0 Å². The van der Waals surface area contributed by atoms with Crippen molar-refractivity contribution in [3.05, 3.63) is 53.3 Å². The van der Waals surface area contributed by atoms with Gasteiger partial charge in [0.05, 0.1) is 12.7 Å². The molecule has 0 aliphatic heterocycles. The summed E-state index contributed by atoms with van der Waals surface area (Å²) in [6.45, 7) is 9.35. The molecular formula is C16H23N3. The van der Waals surface area contributed by atoms with Crippen LogP contribution in [-0.2, 0) is 13.1 Å². The second-order valence-corrected chi connectivity index (χ2v) is 5.56. The minimum absolute atomic E-state index is 0.690. The first-order chi connectivity index (χ1) is 9.13. The lowest BCUT2D eigenvalue weighted by Gasteiger charge is -2.09. The van der Waals surface area contributed by atoms with Gasteiger partial charge in [0, 0.05) is 12.7 Å². The van der Waals surface area contributed by atoms with Crippen LogP contribution in [0.1, 0.15) is 30.5 Å². The lowest BCUT2D eigenvalue weighted by atomic mass is 10.1. The molecule has 0 aliphatic rings. The van der Waals surface area contributed by atoms with Gasteiger partial charge in [0.25, 0.3) is 0 Å². The average molecular weight is 257 g/mol. The van der Waals surface area contributed by atoms with Crippen LogP contribution < -0.4 is 5.32 Å². The van der Waals surface area contributed by atoms with E-state index in [4.69, 9.17) is 0 Å². The largest absolute Gasteiger partial charge is 0.312 e. The van der Waals surface area contributed by atoms with E-state index in [-0.39, 0.29) is 0 Å². The summed E-state index contributed by atoms with van der Waals surface area (Å²) >= 11 is 0. The first-order valence-electron chi connectivity index (χ1n) is 6.91. The normalized spacial score (nSPS) is 11.2. The molecule has 1 heterocycles. The summed E-state index contributed by atoms with van der Waals surface area (Å²) in [6, 6.07) is 8.70. The van der Waals surface area contributed by atoms with Gasteiger partial charge in [0.2, 0.25) is 0 Å². The van der Waals surface area contributed by atoms with Crippen LogP contribution in [0.2, 0.25) is 0 Å². The Kier molecular flexibility index (Phi) is 4.74. The van der Waals surface area contributed by atoms with Gasteiger partial charge in [-0.2, -0.15) is 5.10 Å². The molecule has 3 nitrogen and oxygen atoms in total. The smallest absolute Gasteiger partial charge is 0.0659 e. The van der Waals surface area contributed by atoms with Gasteiger partial charge in [0.1, 0.15) is 0 Å². The third kappa shape index (κ3) is 4.52. The Hall–Kier alpha value is -1.61. The van der Waals surface area contributed by atoms with Crippen LogP contribution in [0, 0.1) is 12.8 Å². The van der Waals surface area contributed by atoms with Crippen LogP contribution in [0.25, 0.3) is 0 Å². The summed E-state index contributed by atoms with van der Waals surface area (Å²) in [6.07, 6.45) is 3.97. The molecule has 1 N–H and O–H groups in total. The van der Waals surface area contributed by atoms with Crippen LogP contribution in [0.4, 0.5) is 0 Å². The van der Waals surface area contributed by atoms with Crippen LogP contribution >= 0.6 is 0 Å². The minimum atomic E-state index is 0.690. The Morgan fingerprint density at radius 3 is 2.74 bits per heavy atom. The average Bonchev–Trinajstić information content (AvgIpc) is 2.75. The fraction of sp³-hybridized carbons (Fsp3) is 0.438. The molecule has 0 saturated heterocycles. The predicted octanol–water partition coefficient (Wildman–Crippen LogP) is 2.99. The number of rotatable bonds is 6. The second-order valence-electron chi connectivity index (χ2n) is 5.56. The number of nitrogens with one attached hydrogen (secondary N) is 1. The van der Waals surface area contributed by atoms with E-state index in [0.29, 0.717) is 5.92 Å². The molecule has 0 aliphatic carbocycles. The molecule has 2 aromatic rings. The van der Waals surface area contributed by atoms with Crippen molar-refractivity contribution in [2.75, 3.05) is 6.54 Å². The molecule has 0 atom stereocenters. The summed E-state index contributed by atoms with van der Waals surface area (Å²) in [5.41, 5.74) is 3.84. The quantitative estimate of drug-likeness (QED) is 0.862. The van der Waals surface area contributed by atoms with Crippen LogP contribution in [-0.4, -0.2) is 16.3 Å². The fourth-order valence-electron chi connectivity index (χ4n) is 2.08. The lowest BCUT2D eigenvalue weighted by Crippen LogP contribution is -2.19. The lowest BCUT2D eigenvalue weighted by molar-refractivity contribution is 0.552. The predicted molar refractivity (Wildman–Crippen MR) is 79.1 cm³/mol. The van der Waals surface area contributed by atoms with Gasteiger partial charge in [-0.15, -0.1) is 0 Å². The number of aromatic nitrogens is 2. The molecule has 2 rings (SSSR count). The summed E-state index contributed by atoms with van der Waals surface area (Å²) in [7, 11) is 0. The van der Waals surface area contributed by atoms with E-state index in [2.05, 4.69) is 61.6 Å². The first kappa shape index (κ1) is 13.8. The van der Waals surface area contributed by atoms with Crippen molar-refractivity contribution < 1.29 is 0 Å². The van der Waals surface area contributed by atoms with Gasteiger partial charge in [-0.05, 0) is 36.1 Å². The summed E-state index contributed by atoms with van der Waals surface area (Å²) in [4.78, 5) is 0. The molecule has 0 unspecified atom stereocenters. The van der Waals surface area contributed by atoms with Gasteiger partial charge in [0.15, 0.2) is 0 Å². The minimum Gasteiger partial charge on any atom is -0.312 e. The standard InChI is InChI=1S/C16H23N3/c1-13(2)8-17-10-15-5-4-6-16(7-15)12-19-11-14(3)9-18-19/h4-7,9,11,13,17H,8,10,12H2,1-3H3. The van der Waals surface area contributed by atoms with E-state index in [1.54, 1.807) is 0 Å². The van der Waals surface area contributed by atoms with Crippen molar-refractivity contribution in [2.45, 2.75) is 33.9 Å². The molecule has 0 saturated carbocycles. The van der Waals surface area contributed by atoms with E-state index in [1.807, 2.05) is 10.9 Å². The van der Waals surface area contributed by atoms with E-state index < -0.39 is 0 Å². The summed E-state index contributed by atoms with van der Waals surface area (Å²) in [5.74, 6) is 0.690. The van der Waals surface area contributed by atoms with Gasteiger partial charge in [-0.3, -0.25) is 4.68 Å². The molecule has 3 heteroatoms. The van der Waals surface area contributed by atoms with Crippen LogP contribution in [0.5, 0.6) is 0 Å². The maximum Gasteiger partial charge on any atom is 0.0659 e. The van der Waals surface area contributed by atoms with Crippen LogP contribution in [0.15, 0.2) is 36.7 Å². The highest BCUT2D eigenvalue weighted by atomic mass is 15.3. The zero-order chi connectivity index (χ0) is 13.7. The molecule has 0 spiro atoms. The highest BCUT2D eigenvalue weighted by Crippen LogP contribution is 2.08. The molecule has 1 aromatic carbocycles. The third-order valence-electron chi connectivity index (χ3n) is 2.98. The molecule has 102 valence electrons. The molecule has 0 radical (unpaired) electrons. The van der Waals surface area contributed by atoms with E-state index >= 15 is 0 Å². The summed E-state index contributed by atoms with van der Waals surface area (Å²) in [5, 5.41) is 7.80. The van der Waals surface area contributed by atoms with Crippen LogP contribution in [0.3, 0.4) is 0 Å². The van der Waals surface area contributed by atoms with Gasteiger partial charge < -0.3 is 5.32 Å². The maximum absolute atomic E-state index is 4.33. The number of hydrogen-bond donors (Lipinski definition) is 1. The number of nitrogens with zero attached hydrogens (tertiary/aromatic N) is 2. The van der Waals surface area contributed by atoms with Gasteiger partial charge >= 0.3 is 0 Å². The molecular weight excluding hydrogens is 234 g/mol. The Morgan fingerprint density at radius 1 is 1.26 bits per heavy atom. The van der Waals surface area contributed by atoms with E-state index in [0.717, 1.165) is 19.6 Å². The monoisotopic (exact) mass is 257 g/mol. The van der Waals surface area contributed by atoms with E-state index in [9.17, 15) is 0 Å². The molecule has 1 aromatic heterocycles. The third-order valence-corrected chi connectivity index (χ3v) is 2.98. The molecule has 0 fully saturated rings. The highest BCUT2D eigenvalue weighted by Gasteiger charge is 2.00. The zero-order valence-electron chi connectivity index (χ0n) is 12.1. The fourth-order valence-corrected chi connectivity index (χ4v) is 2.08. The number of aryl methyl sites for hydroxylation is 1. The number of hydrogen-bond acceptors (Lipinski definition) is 2. The molecule has 19 heavy (non-hydrogen) atoms. The summed E-state index contributed by atoms with van der Waals surface area (Å²) < 4.78 is 1.98. The Morgan fingerprint density at radius 2 is 2.05 bits per heavy atom. The Labute approximate surface area is 115 Å². The van der Waals surface area contributed by atoms with Crippen molar-refractivity contribution in [1.29, 1.82) is 0 Å². The van der Waals surface area contributed by atoms with Crippen molar-refractivity contribution in [2.24, 2.45) is 5.92 Å². The van der Waals surface area contributed by atoms with E-state index in [1.165, 1.54) is 16.7 Å². The Bertz CT molecular complexity index is 514. The van der Waals surface area contributed by atoms with Crippen molar-refractivity contribution in [3.8, 4) is 0 Å². The second kappa shape index (κ2) is 6.53. The highest BCUT2D eigenvalue weighted by molar-refractivity contribution is 5.23. The maximum atomic E-state index is 4.33.